The fraction of sp³-hybridized carbons (Fsp3) is 0.294. The predicted octanol–water partition coefficient (Wildman–Crippen LogP) is -7.22. The second-order valence-corrected chi connectivity index (χ2v) is 9.55. The number of benzene rings is 2. The largest absolute Gasteiger partial charge is 1.00 e. The van der Waals surface area contributed by atoms with E-state index in [9.17, 15) is 27.3 Å². The second-order valence-electron chi connectivity index (χ2n) is 5.94. The van der Waals surface area contributed by atoms with E-state index in [0.29, 0.717) is 6.42 Å². The summed E-state index contributed by atoms with van der Waals surface area (Å²) in [6.07, 6.45) is 0.000503. The van der Waals surface area contributed by atoms with Crippen LogP contribution in [0, 0.1) is 6.92 Å². The minimum absolute atomic E-state index is 0. The van der Waals surface area contributed by atoms with Gasteiger partial charge in [0, 0.05) is 0 Å². The zero-order chi connectivity index (χ0) is 18.7. The first-order valence-corrected chi connectivity index (χ1v) is 10.8. The topological polar surface area (TPSA) is 120 Å². The molecule has 136 valence electrons. The fourth-order valence-electron chi connectivity index (χ4n) is 2.55. The average molecular weight is 499 g/mol. The molecule has 0 aliphatic heterocycles. The zero-order valence-corrected chi connectivity index (χ0v) is 27.7. The van der Waals surface area contributed by atoms with Crippen LogP contribution in [0.25, 0.3) is 11.1 Å². The predicted molar refractivity (Wildman–Crippen MR) is 90.6 cm³/mol. The van der Waals surface area contributed by atoms with Crippen LogP contribution in [0.4, 0.5) is 0 Å². The van der Waals surface area contributed by atoms with Gasteiger partial charge in [0.15, 0.2) is 0 Å². The third-order valence-electron chi connectivity index (χ3n) is 3.94. The number of aryl methyl sites for hydroxylation is 2. The summed E-state index contributed by atoms with van der Waals surface area (Å²) in [5.41, 5.74) is 4.11. The minimum Gasteiger partial charge on any atom is -0.810 e. The van der Waals surface area contributed by atoms with E-state index in [1.54, 1.807) is 0 Å². The van der Waals surface area contributed by atoms with Gasteiger partial charge in [-0.2, -0.15) is 0 Å². The number of hydrogen-bond donors (Lipinski definition) is 0. The van der Waals surface area contributed by atoms with Gasteiger partial charge >= 0.3 is 154 Å². The van der Waals surface area contributed by atoms with Crippen LogP contribution in [0.1, 0.15) is 24.0 Å². The molecule has 0 aliphatic rings. The van der Waals surface area contributed by atoms with Gasteiger partial charge in [0.1, 0.15) is 10.1 Å². The molecule has 28 heavy (non-hydrogen) atoms. The molecule has 0 amide bonds. The molecule has 0 radical (unpaired) electrons. The molecular weight excluding hydrogens is 481 g/mol. The Morgan fingerprint density at radius 2 is 1.32 bits per heavy atom. The van der Waals surface area contributed by atoms with Crippen LogP contribution in [-0.4, -0.2) is 18.0 Å². The van der Waals surface area contributed by atoms with Crippen LogP contribution in [0.5, 0.6) is 0 Å². The minimum atomic E-state index is -5.47. The molecule has 6 nitrogen and oxygen atoms in total. The number of hydrogen-bond acceptors (Lipinski definition) is 6. The Hall–Kier alpha value is 3.41. The van der Waals surface area contributed by atoms with Crippen molar-refractivity contribution in [2.24, 2.45) is 0 Å². The maximum absolute atomic E-state index is 10.9. The van der Waals surface area contributed by atoms with Gasteiger partial charge in [-0.3, -0.25) is 0 Å². The molecule has 2 aromatic rings. The monoisotopic (exact) mass is 498 g/mol. The van der Waals surface area contributed by atoms with Crippen molar-refractivity contribution in [2.45, 2.75) is 31.2 Å². The van der Waals surface area contributed by atoms with Crippen LogP contribution in [0.2, 0.25) is 0 Å². The SMILES string of the molecule is Cc1ccc(-c2ccc(CCCC(P(=O)([O-])[O-])S(=O)(=O)[O-])cc2)cc1.[K+].[K+].[K+]. The third kappa shape index (κ3) is 11.5. The fourth-order valence-corrected chi connectivity index (χ4v) is 4.77. The van der Waals surface area contributed by atoms with Crippen molar-refractivity contribution in [3.63, 3.8) is 0 Å². The van der Waals surface area contributed by atoms with Gasteiger partial charge in [-0.05, 0) is 42.9 Å². The Bertz CT molecular complexity index is 867. The maximum Gasteiger partial charge on any atom is 1.00 e. The molecule has 0 bridgehead atoms. The van der Waals surface area contributed by atoms with E-state index in [2.05, 4.69) is 0 Å². The summed E-state index contributed by atoms with van der Waals surface area (Å²) in [4.78, 5) is 19.5. The first kappa shape index (κ1) is 33.6. The van der Waals surface area contributed by atoms with Gasteiger partial charge in [0.25, 0.3) is 0 Å². The summed E-state index contributed by atoms with van der Waals surface area (Å²) >= 11 is 0. The maximum atomic E-state index is 10.9. The number of rotatable bonds is 7. The summed E-state index contributed by atoms with van der Waals surface area (Å²) in [6.45, 7) is 2.00. The van der Waals surface area contributed by atoms with Crippen LogP contribution < -0.4 is 164 Å². The Morgan fingerprint density at radius 3 is 1.71 bits per heavy atom. The van der Waals surface area contributed by atoms with Crippen molar-refractivity contribution < 1.29 is 181 Å². The van der Waals surface area contributed by atoms with Gasteiger partial charge in [0.05, 0.1) is 4.99 Å². The molecule has 0 heterocycles. The zero-order valence-electron chi connectivity index (χ0n) is 16.6. The van der Waals surface area contributed by atoms with E-state index in [-0.39, 0.29) is 161 Å². The normalized spacial score (nSPS) is 12.1. The molecule has 0 aromatic heterocycles. The summed E-state index contributed by atoms with van der Waals surface area (Å²) in [5, 5.41) is 0. The van der Waals surface area contributed by atoms with Gasteiger partial charge < -0.3 is 18.9 Å². The average Bonchev–Trinajstić information content (AvgIpc) is 2.50. The van der Waals surface area contributed by atoms with Crippen LogP contribution in [0.15, 0.2) is 48.5 Å². The molecule has 2 aromatic carbocycles. The Labute approximate surface area is 294 Å². The van der Waals surface area contributed by atoms with Gasteiger partial charge in [-0.25, -0.2) is 8.42 Å². The smallest absolute Gasteiger partial charge is 0.810 e. The molecule has 2 rings (SSSR count). The summed E-state index contributed by atoms with van der Waals surface area (Å²) in [5.74, 6) is 0. The molecule has 0 fully saturated rings. The Kier molecular flexibility index (Phi) is 18.4. The summed E-state index contributed by atoms with van der Waals surface area (Å²) < 4.78 is 43.7. The van der Waals surface area contributed by atoms with Crippen molar-refractivity contribution in [1.29, 1.82) is 0 Å². The third-order valence-corrected chi connectivity index (χ3v) is 7.36. The van der Waals surface area contributed by atoms with E-state index >= 15 is 0 Å². The van der Waals surface area contributed by atoms with Crippen molar-refractivity contribution in [3.05, 3.63) is 59.7 Å². The molecule has 0 saturated heterocycles. The van der Waals surface area contributed by atoms with Gasteiger partial charge in [-0.1, -0.05) is 61.7 Å². The van der Waals surface area contributed by atoms with Crippen molar-refractivity contribution in [1.82, 2.24) is 0 Å². The summed E-state index contributed by atoms with van der Waals surface area (Å²) in [6, 6.07) is 15.6. The second kappa shape index (κ2) is 15.3. The molecule has 0 saturated carbocycles. The molecule has 0 N–H and O–H groups in total. The molecule has 0 aliphatic carbocycles. The van der Waals surface area contributed by atoms with E-state index in [1.807, 2.05) is 55.5 Å². The van der Waals surface area contributed by atoms with Crippen LogP contribution in [-0.2, 0) is 21.1 Å². The molecule has 0 spiro atoms. The van der Waals surface area contributed by atoms with Crippen molar-refractivity contribution in [2.75, 3.05) is 0 Å². The van der Waals surface area contributed by atoms with Crippen LogP contribution in [0.3, 0.4) is 0 Å². The van der Waals surface area contributed by atoms with Crippen molar-refractivity contribution >= 4 is 17.7 Å². The molecule has 1 unspecified atom stereocenters. The summed E-state index contributed by atoms with van der Waals surface area (Å²) in [7, 11) is -10.6. The van der Waals surface area contributed by atoms with E-state index in [0.717, 1.165) is 22.3 Å². The van der Waals surface area contributed by atoms with E-state index < -0.39 is 29.1 Å². The van der Waals surface area contributed by atoms with Crippen LogP contribution >= 0.6 is 7.60 Å². The first-order valence-electron chi connectivity index (χ1n) is 7.70. The van der Waals surface area contributed by atoms with Crippen molar-refractivity contribution in [3.8, 4) is 11.1 Å². The Morgan fingerprint density at radius 1 is 0.893 bits per heavy atom. The van der Waals surface area contributed by atoms with E-state index in [4.69, 9.17) is 0 Å². The molecule has 1 atom stereocenters. The quantitative estimate of drug-likeness (QED) is 0.213. The standard InChI is InChI=1S/C17H21O6PS.3K/c1-13-5-9-15(10-6-13)16-11-7-14(8-12-16)3-2-4-17(24(18,19)20)25(21,22)23;;;/h5-12,17H,2-4H2,1H3,(H2,18,19,20)(H,21,22,23);;;/q;3*+1/p-3. The first-order chi connectivity index (χ1) is 11.6. The van der Waals surface area contributed by atoms with Gasteiger partial charge in [0.2, 0.25) is 0 Å². The molecular formula is C17H18K3O6PS. The molecule has 11 heteroatoms. The Balaban J connectivity index is 0. The van der Waals surface area contributed by atoms with E-state index in [1.165, 1.54) is 0 Å². The van der Waals surface area contributed by atoms with Gasteiger partial charge in [-0.15, -0.1) is 0 Å².